The first kappa shape index (κ1) is 86.2. The fourth-order valence-electron chi connectivity index (χ4n) is 11.8. The Kier molecular flexibility index (Phi) is 68.1. The van der Waals surface area contributed by atoms with E-state index in [1.54, 1.807) is 0 Å². The van der Waals surface area contributed by atoms with Crippen LogP contribution in [0.3, 0.4) is 0 Å². The Hall–Kier alpha value is -1.80. The molecule has 0 aliphatic carbocycles. The SMILES string of the molecule is CC/C=C\C/C=C\C/C=C\C/C=C\C/C=C\CCCCCCCCCCCCCCCCCCCCCCCCCCCC(=O)NC(COP(=O)(O)OCC[N+](C)(C)C)C(O)CCCCCCCCCCCCCCCCCCCCCCCCCCC. The van der Waals surface area contributed by atoms with Gasteiger partial charge in [0.25, 0.3) is 0 Å². The fraction of sp³-hybridized carbons (Fsp3) is 0.861. The zero-order chi connectivity index (χ0) is 64.1. The smallest absolute Gasteiger partial charge is 0.391 e. The standard InChI is InChI=1S/C79H151N2O6P/c1-6-8-10-12-14-16-18-20-22-24-26-28-30-32-33-34-35-36-37-38-39-40-41-42-43-44-45-46-47-49-51-53-55-57-59-61-63-65-67-69-71-73-79(83)80-77(76-87-88(84,85)86-75-74-81(3,4)5)78(82)72-70-68-66-64-62-60-58-56-54-52-50-48-31-29-27-25-23-21-19-17-15-13-11-9-7-2/h8,10,14,16,20,22,26,28,32-33,77-78,82H,6-7,9,11-13,15,17-19,21,23-25,27,29-31,34-76H2,1-5H3,(H-,80,83,84,85)/p+1/b10-8-,16-14-,22-20-,28-26-,33-32-. The Balaban J connectivity index is 3.90. The minimum atomic E-state index is -4.33. The van der Waals surface area contributed by atoms with E-state index in [4.69, 9.17) is 9.05 Å². The van der Waals surface area contributed by atoms with Gasteiger partial charge in [0.2, 0.25) is 5.91 Å². The summed E-state index contributed by atoms with van der Waals surface area (Å²) >= 11 is 0. The van der Waals surface area contributed by atoms with Crippen LogP contribution in [0.25, 0.3) is 0 Å². The number of aliphatic hydroxyl groups is 1. The molecule has 0 fully saturated rings. The van der Waals surface area contributed by atoms with Crippen LogP contribution < -0.4 is 5.32 Å². The van der Waals surface area contributed by atoms with Crippen LogP contribution in [0.15, 0.2) is 60.8 Å². The lowest BCUT2D eigenvalue weighted by Gasteiger charge is -2.26. The second-order valence-electron chi connectivity index (χ2n) is 27.7. The maximum absolute atomic E-state index is 13.1. The van der Waals surface area contributed by atoms with Gasteiger partial charge in [0, 0.05) is 6.42 Å². The molecule has 0 aliphatic heterocycles. The number of hydrogen-bond donors (Lipinski definition) is 3. The van der Waals surface area contributed by atoms with E-state index in [0.29, 0.717) is 23.9 Å². The minimum Gasteiger partial charge on any atom is -0.391 e. The summed E-state index contributed by atoms with van der Waals surface area (Å²) in [4.78, 5) is 23.5. The number of amides is 1. The third-order valence-electron chi connectivity index (χ3n) is 17.8. The van der Waals surface area contributed by atoms with Crippen molar-refractivity contribution in [3.63, 3.8) is 0 Å². The van der Waals surface area contributed by atoms with Crippen molar-refractivity contribution in [3.05, 3.63) is 60.8 Å². The number of quaternary nitrogens is 1. The van der Waals surface area contributed by atoms with Crippen molar-refractivity contribution >= 4 is 13.7 Å². The summed E-state index contributed by atoms with van der Waals surface area (Å²) in [5, 5.41) is 14.2. The molecule has 1 amide bonds. The van der Waals surface area contributed by atoms with Gasteiger partial charge in [-0.15, -0.1) is 0 Å². The van der Waals surface area contributed by atoms with Crippen molar-refractivity contribution in [2.45, 2.75) is 398 Å². The number of phosphoric acid groups is 1. The summed E-state index contributed by atoms with van der Waals surface area (Å²) in [6.45, 7) is 4.83. The number of carbonyl (C=O) groups excluding carboxylic acids is 1. The number of unbranched alkanes of at least 4 members (excludes halogenated alkanes) is 49. The largest absolute Gasteiger partial charge is 0.472 e. The van der Waals surface area contributed by atoms with E-state index in [1.807, 2.05) is 21.1 Å². The van der Waals surface area contributed by atoms with E-state index in [1.165, 1.54) is 289 Å². The number of phosphoric ester groups is 1. The lowest BCUT2D eigenvalue weighted by molar-refractivity contribution is -0.870. The van der Waals surface area contributed by atoms with Gasteiger partial charge in [-0.1, -0.05) is 383 Å². The van der Waals surface area contributed by atoms with Crippen molar-refractivity contribution < 1.29 is 32.9 Å². The molecule has 0 heterocycles. The second-order valence-corrected chi connectivity index (χ2v) is 29.2. The third kappa shape index (κ3) is 71.6. The molecule has 0 rings (SSSR count). The molecule has 0 radical (unpaired) electrons. The van der Waals surface area contributed by atoms with Gasteiger partial charge >= 0.3 is 7.82 Å². The molecular formula is C79H152N2O6P+. The van der Waals surface area contributed by atoms with Crippen molar-refractivity contribution in [1.29, 1.82) is 0 Å². The minimum absolute atomic E-state index is 0.0767. The Labute approximate surface area is 549 Å². The molecule has 9 heteroatoms. The number of hydrogen-bond acceptors (Lipinski definition) is 5. The molecule has 0 bridgehead atoms. The maximum atomic E-state index is 13.1. The van der Waals surface area contributed by atoms with Gasteiger partial charge in [-0.25, -0.2) is 4.57 Å². The summed E-state index contributed by atoms with van der Waals surface area (Å²) in [7, 11) is 1.64. The zero-order valence-electron chi connectivity index (χ0n) is 59.5. The van der Waals surface area contributed by atoms with Crippen LogP contribution in [-0.4, -0.2) is 73.4 Å². The highest BCUT2D eigenvalue weighted by Crippen LogP contribution is 2.43. The highest BCUT2D eigenvalue weighted by Gasteiger charge is 2.28. The Morgan fingerprint density at radius 3 is 1.00 bits per heavy atom. The quantitative estimate of drug-likeness (QED) is 0.0243. The maximum Gasteiger partial charge on any atom is 0.472 e. The first-order chi connectivity index (χ1) is 43.0. The Bertz CT molecular complexity index is 1620. The average Bonchev–Trinajstić information content (AvgIpc) is 3.71. The third-order valence-corrected chi connectivity index (χ3v) is 18.8. The van der Waals surface area contributed by atoms with E-state index in [-0.39, 0.29) is 19.1 Å². The average molecular weight is 1260 g/mol. The van der Waals surface area contributed by atoms with Gasteiger partial charge in [0.15, 0.2) is 0 Å². The van der Waals surface area contributed by atoms with Crippen molar-refractivity contribution in [1.82, 2.24) is 5.32 Å². The molecule has 88 heavy (non-hydrogen) atoms. The van der Waals surface area contributed by atoms with Gasteiger partial charge in [-0.2, -0.15) is 0 Å². The summed E-state index contributed by atoms with van der Waals surface area (Å²) in [6, 6.07) is -0.761. The predicted molar refractivity (Wildman–Crippen MR) is 387 cm³/mol. The van der Waals surface area contributed by atoms with Gasteiger partial charge < -0.3 is 19.8 Å². The predicted octanol–water partition coefficient (Wildman–Crippen LogP) is 25.1. The van der Waals surface area contributed by atoms with Crippen LogP contribution in [0.5, 0.6) is 0 Å². The molecular weight excluding hydrogens is 1100 g/mol. The van der Waals surface area contributed by atoms with Gasteiger partial charge in [0.1, 0.15) is 13.2 Å². The van der Waals surface area contributed by atoms with Crippen molar-refractivity contribution in [3.8, 4) is 0 Å². The van der Waals surface area contributed by atoms with Crippen LogP contribution in [0, 0.1) is 0 Å². The van der Waals surface area contributed by atoms with Crippen LogP contribution in [0.4, 0.5) is 0 Å². The number of nitrogens with zero attached hydrogens (tertiary/aromatic N) is 1. The summed E-state index contributed by atoms with van der Waals surface area (Å²) in [6.07, 6.45) is 96.4. The Morgan fingerprint density at radius 2 is 0.682 bits per heavy atom. The van der Waals surface area contributed by atoms with Gasteiger partial charge in [-0.3, -0.25) is 13.8 Å². The number of aliphatic hydroxyl groups excluding tert-OH is 1. The van der Waals surface area contributed by atoms with Crippen LogP contribution in [0.1, 0.15) is 386 Å². The first-order valence-corrected chi connectivity index (χ1v) is 40.1. The molecule has 0 aliphatic rings. The number of allylic oxidation sites excluding steroid dienone is 10. The highest BCUT2D eigenvalue weighted by molar-refractivity contribution is 7.47. The summed E-state index contributed by atoms with van der Waals surface area (Å²) in [5.41, 5.74) is 0. The molecule has 0 aromatic rings. The number of nitrogens with one attached hydrogen (secondary N) is 1. The molecule has 0 saturated carbocycles. The van der Waals surface area contributed by atoms with Crippen molar-refractivity contribution in [2.24, 2.45) is 0 Å². The lowest BCUT2D eigenvalue weighted by atomic mass is 10.0. The molecule has 518 valence electrons. The Morgan fingerprint density at radius 1 is 0.398 bits per heavy atom. The lowest BCUT2D eigenvalue weighted by Crippen LogP contribution is -2.46. The van der Waals surface area contributed by atoms with E-state index in [0.717, 1.165) is 70.6 Å². The monoisotopic (exact) mass is 1260 g/mol. The second kappa shape index (κ2) is 69.5. The topological polar surface area (TPSA) is 105 Å². The van der Waals surface area contributed by atoms with Crippen LogP contribution >= 0.6 is 7.82 Å². The molecule has 3 N–H and O–H groups in total. The van der Waals surface area contributed by atoms with Crippen LogP contribution in [0.2, 0.25) is 0 Å². The number of carbonyl (C=O) groups is 1. The highest BCUT2D eigenvalue weighted by atomic mass is 31.2. The zero-order valence-corrected chi connectivity index (χ0v) is 60.4. The van der Waals surface area contributed by atoms with Gasteiger partial charge in [-0.05, 0) is 57.8 Å². The molecule has 8 nitrogen and oxygen atoms in total. The van der Waals surface area contributed by atoms with Gasteiger partial charge in [0.05, 0.1) is 39.9 Å². The van der Waals surface area contributed by atoms with E-state index < -0.39 is 20.0 Å². The molecule has 0 saturated heterocycles. The van der Waals surface area contributed by atoms with Crippen LogP contribution in [-0.2, 0) is 18.4 Å². The van der Waals surface area contributed by atoms with Crippen molar-refractivity contribution in [2.75, 3.05) is 40.9 Å². The molecule has 3 unspecified atom stereocenters. The molecule has 0 aromatic heterocycles. The number of rotatable bonds is 72. The summed E-state index contributed by atoms with van der Waals surface area (Å²) in [5.74, 6) is -0.136. The molecule has 3 atom stereocenters. The fourth-order valence-corrected chi connectivity index (χ4v) is 12.6. The number of likely N-dealkylation sites (N-methyl/N-ethyl adjacent to an activating group) is 1. The van der Waals surface area contributed by atoms with E-state index in [9.17, 15) is 19.4 Å². The van der Waals surface area contributed by atoms with E-state index >= 15 is 0 Å². The molecule has 0 aromatic carbocycles. The van der Waals surface area contributed by atoms with E-state index in [2.05, 4.69) is 79.9 Å². The first-order valence-electron chi connectivity index (χ1n) is 38.7. The summed E-state index contributed by atoms with van der Waals surface area (Å²) < 4.78 is 23.9. The molecule has 0 spiro atoms. The normalized spacial score (nSPS) is 13.9.